The highest BCUT2D eigenvalue weighted by Crippen LogP contribution is 2.45. The van der Waals surface area contributed by atoms with Crippen LogP contribution in [0.2, 0.25) is 0 Å². The molecule has 0 aliphatic carbocycles. The minimum absolute atomic E-state index is 0.0434. The molecule has 4 rings (SSSR count). The van der Waals surface area contributed by atoms with E-state index in [1.165, 1.54) is 18.1 Å². The summed E-state index contributed by atoms with van der Waals surface area (Å²) in [6.45, 7) is 1.61. The van der Waals surface area contributed by atoms with Gasteiger partial charge < -0.3 is 24.3 Å². The molecule has 1 unspecified atom stereocenters. The van der Waals surface area contributed by atoms with Gasteiger partial charge in [-0.05, 0) is 36.2 Å². The third-order valence-corrected chi connectivity index (χ3v) is 5.52. The number of hydrogen-bond acceptors (Lipinski definition) is 7. The lowest BCUT2D eigenvalue weighted by molar-refractivity contribution is 0.0675. The average molecular weight is 425 g/mol. The van der Waals surface area contributed by atoms with Gasteiger partial charge in [-0.2, -0.15) is 5.26 Å². The smallest absolute Gasteiger partial charge is 0.258 e. The fourth-order valence-corrected chi connectivity index (χ4v) is 4.01. The van der Waals surface area contributed by atoms with Crippen molar-refractivity contribution in [2.45, 2.75) is 19.4 Å². The Kier molecular flexibility index (Phi) is 5.48. The van der Waals surface area contributed by atoms with Gasteiger partial charge in [0.25, 0.3) is 5.91 Å². The Morgan fingerprint density at radius 3 is 2.77 bits per heavy atom. The molecule has 1 N–H and O–H groups in total. The molecule has 0 aromatic heterocycles. The molecule has 1 atom stereocenters. The maximum absolute atomic E-state index is 14.0. The van der Waals surface area contributed by atoms with E-state index in [0.717, 1.165) is 0 Å². The second-order valence-electron chi connectivity index (χ2n) is 7.25. The molecule has 1 fully saturated rings. The second-order valence-corrected chi connectivity index (χ2v) is 7.25. The number of nitriles is 1. The number of aliphatic hydroxyl groups excluding tert-OH is 1. The van der Waals surface area contributed by atoms with Crippen molar-refractivity contribution in [2.75, 3.05) is 27.1 Å². The molecular weight excluding hydrogens is 405 g/mol. The molecule has 31 heavy (non-hydrogen) atoms. The van der Waals surface area contributed by atoms with Crippen molar-refractivity contribution in [1.82, 2.24) is 4.90 Å². The summed E-state index contributed by atoms with van der Waals surface area (Å²) in [5, 5.41) is 22.9. The van der Waals surface area contributed by atoms with Crippen LogP contribution in [0.25, 0.3) is 11.1 Å². The van der Waals surface area contributed by atoms with Crippen LogP contribution in [0.1, 0.15) is 27.9 Å². The van der Waals surface area contributed by atoms with Gasteiger partial charge in [0.2, 0.25) is 6.79 Å². The average Bonchev–Trinajstić information content (AvgIpc) is 3.41. The molecule has 0 bridgehead atoms. The fraction of sp³-hybridized carbons (Fsp3) is 0.318. The lowest BCUT2D eigenvalue weighted by Gasteiger charge is -2.23. The number of carbonyl (C=O) groups is 1. The molecule has 0 saturated carbocycles. The van der Waals surface area contributed by atoms with Crippen molar-refractivity contribution >= 4 is 11.6 Å². The fourth-order valence-electron chi connectivity index (χ4n) is 4.01. The zero-order valence-electron chi connectivity index (χ0n) is 17.0. The van der Waals surface area contributed by atoms with Crippen LogP contribution in [0.5, 0.6) is 11.5 Å². The molecule has 2 aliphatic rings. The Bertz CT molecular complexity index is 1130. The van der Waals surface area contributed by atoms with Crippen LogP contribution in [-0.2, 0) is 4.84 Å². The van der Waals surface area contributed by atoms with E-state index in [9.17, 15) is 19.6 Å². The van der Waals surface area contributed by atoms with E-state index in [2.05, 4.69) is 5.16 Å². The van der Waals surface area contributed by atoms with E-state index in [-0.39, 0.29) is 42.7 Å². The normalized spacial score (nSPS) is 18.4. The Labute approximate surface area is 178 Å². The third kappa shape index (κ3) is 3.45. The summed E-state index contributed by atoms with van der Waals surface area (Å²) in [5.41, 5.74) is 2.58. The quantitative estimate of drug-likeness (QED) is 0.755. The molecule has 1 saturated heterocycles. The van der Waals surface area contributed by atoms with Crippen LogP contribution in [-0.4, -0.2) is 54.7 Å². The van der Waals surface area contributed by atoms with Gasteiger partial charge in [-0.15, -0.1) is 0 Å². The van der Waals surface area contributed by atoms with Crippen molar-refractivity contribution < 1.29 is 28.6 Å². The van der Waals surface area contributed by atoms with E-state index in [1.54, 1.807) is 25.1 Å². The first-order chi connectivity index (χ1) is 15.0. The van der Waals surface area contributed by atoms with E-state index < -0.39 is 11.9 Å². The largest absolute Gasteiger partial charge is 0.453 e. The number of nitrogens with zero attached hydrogens (tertiary/aromatic N) is 3. The summed E-state index contributed by atoms with van der Waals surface area (Å²) in [6, 6.07) is 7.56. The zero-order chi connectivity index (χ0) is 22.1. The molecule has 1 amide bonds. The van der Waals surface area contributed by atoms with E-state index in [4.69, 9.17) is 14.3 Å². The standard InChI is InChI=1S/C22H20FN3O5/c1-12-15(5-6-19(23)18(12)8-24)16-3-4-17(21-20(16)30-11-31-21)22(28)26-9-13(25-29-2)7-14(26)10-27/h3-6,14,27H,7,9-11H2,1-2H3. The first-order valence-electron chi connectivity index (χ1n) is 9.63. The summed E-state index contributed by atoms with van der Waals surface area (Å²) in [6.07, 6.45) is 0.416. The van der Waals surface area contributed by atoms with Gasteiger partial charge in [-0.1, -0.05) is 11.2 Å². The van der Waals surface area contributed by atoms with Crippen LogP contribution in [0.4, 0.5) is 4.39 Å². The van der Waals surface area contributed by atoms with Crippen molar-refractivity contribution in [3.05, 3.63) is 46.8 Å². The van der Waals surface area contributed by atoms with Gasteiger partial charge in [-0.25, -0.2) is 4.39 Å². The third-order valence-electron chi connectivity index (χ3n) is 5.52. The number of aliphatic hydroxyl groups is 1. The molecule has 2 heterocycles. The van der Waals surface area contributed by atoms with Gasteiger partial charge in [-0.3, -0.25) is 4.79 Å². The maximum atomic E-state index is 14.0. The highest BCUT2D eigenvalue weighted by Gasteiger charge is 2.36. The number of benzene rings is 2. The molecule has 2 aromatic carbocycles. The number of ether oxygens (including phenoxy) is 2. The number of likely N-dealkylation sites (tertiary alicyclic amines) is 1. The van der Waals surface area contributed by atoms with Crippen LogP contribution in [0, 0.1) is 24.1 Å². The van der Waals surface area contributed by atoms with Crippen LogP contribution >= 0.6 is 0 Å². The van der Waals surface area contributed by atoms with Gasteiger partial charge in [0, 0.05) is 12.0 Å². The van der Waals surface area contributed by atoms with Gasteiger partial charge in [0.1, 0.15) is 19.0 Å². The number of rotatable bonds is 4. The molecule has 0 spiro atoms. The predicted molar refractivity (Wildman–Crippen MR) is 108 cm³/mol. The number of fused-ring (bicyclic) bond motifs is 1. The first kappa shape index (κ1) is 20.6. The van der Waals surface area contributed by atoms with Gasteiger partial charge in [0.15, 0.2) is 11.5 Å². The van der Waals surface area contributed by atoms with E-state index in [1.807, 2.05) is 6.07 Å². The summed E-state index contributed by atoms with van der Waals surface area (Å²) in [4.78, 5) is 19.6. The molecule has 9 heteroatoms. The maximum Gasteiger partial charge on any atom is 0.258 e. The number of carbonyl (C=O) groups excluding carboxylic acids is 1. The molecule has 160 valence electrons. The van der Waals surface area contributed by atoms with Gasteiger partial charge in [0.05, 0.1) is 36.0 Å². The topological polar surface area (TPSA) is 104 Å². The Morgan fingerprint density at radius 2 is 2.06 bits per heavy atom. The monoisotopic (exact) mass is 425 g/mol. The van der Waals surface area contributed by atoms with Crippen LogP contribution in [0.15, 0.2) is 29.4 Å². The summed E-state index contributed by atoms with van der Waals surface area (Å²) >= 11 is 0. The van der Waals surface area contributed by atoms with Crippen molar-refractivity contribution in [3.8, 4) is 28.7 Å². The first-order valence-corrected chi connectivity index (χ1v) is 9.63. The number of amides is 1. The van der Waals surface area contributed by atoms with Crippen LogP contribution in [0.3, 0.4) is 0 Å². The lowest BCUT2D eigenvalue weighted by atomic mass is 9.94. The van der Waals surface area contributed by atoms with Crippen molar-refractivity contribution in [2.24, 2.45) is 5.16 Å². The summed E-state index contributed by atoms with van der Waals surface area (Å²) < 4.78 is 25.2. The molecule has 8 nitrogen and oxygen atoms in total. The predicted octanol–water partition coefficient (Wildman–Crippen LogP) is 2.61. The number of oxime groups is 1. The molecular formula is C22H20FN3O5. The number of halogens is 1. The Balaban J connectivity index is 1.75. The molecule has 0 radical (unpaired) electrons. The highest BCUT2D eigenvalue weighted by atomic mass is 19.1. The van der Waals surface area contributed by atoms with Crippen LogP contribution < -0.4 is 9.47 Å². The second kappa shape index (κ2) is 8.24. The van der Waals surface area contributed by atoms with E-state index in [0.29, 0.717) is 34.6 Å². The van der Waals surface area contributed by atoms with E-state index >= 15 is 0 Å². The molecule has 2 aromatic rings. The van der Waals surface area contributed by atoms with Crippen molar-refractivity contribution in [1.29, 1.82) is 5.26 Å². The SMILES string of the molecule is CON=C1CC(CO)N(C(=O)c2ccc(-c3ccc(F)c(C#N)c3C)c3c2OCO3)C1. The number of hydrogen-bond donors (Lipinski definition) is 1. The summed E-state index contributed by atoms with van der Waals surface area (Å²) in [7, 11) is 1.43. The van der Waals surface area contributed by atoms with Gasteiger partial charge >= 0.3 is 0 Å². The zero-order valence-corrected chi connectivity index (χ0v) is 17.0. The minimum atomic E-state index is -0.595. The summed E-state index contributed by atoms with van der Waals surface area (Å²) in [5.74, 6) is -0.294. The highest BCUT2D eigenvalue weighted by molar-refractivity contribution is 6.03. The minimum Gasteiger partial charge on any atom is -0.453 e. The molecule has 2 aliphatic heterocycles. The lowest BCUT2D eigenvalue weighted by Crippen LogP contribution is -2.38. The Morgan fingerprint density at radius 1 is 1.32 bits per heavy atom. The van der Waals surface area contributed by atoms with Crippen molar-refractivity contribution in [3.63, 3.8) is 0 Å². The Hall–Kier alpha value is -3.64.